The molecule has 0 spiro atoms. The number of nitrogens with one attached hydrogen (secondary N) is 1. The van der Waals surface area contributed by atoms with E-state index in [9.17, 15) is 0 Å². The first-order valence-corrected chi connectivity index (χ1v) is 8.11. The third-order valence-electron chi connectivity index (χ3n) is 5.02. The van der Waals surface area contributed by atoms with E-state index in [1.807, 2.05) is 0 Å². The van der Waals surface area contributed by atoms with Gasteiger partial charge in [0.1, 0.15) is 0 Å². The first-order valence-electron chi connectivity index (χ1n) is 8.11. The topological polar surface area (TPSA) is 15.3 Å². The number of rotatable bonds is 7. The molecule has 1 aromatic rings. The molecule has 112 valence electrons. The van der Waals surface area contributed by atoms with Crippen molar-refractivity contribution >= 4 is 0 Å². The minimum absolute atomic E-state index is 0.393. The maximum atomic E-state index is 3.84. The summed E-state index contributed by atoms with van der Waals surface area (Å²) in [6.45, 7) is 3.42. The average Bonchev–Trinajstić information content (AvgIpc) is 2.95. The van der Waals surface area contributed by atoms with Crippen LogP contribution in [0.3, 0.4) is 0 Å². The van der Waals surface area contributed by atoms with Gasteiger partial charge in [-0.2, -0.15) is 0 Å². The molecule has 1 saturated carbocycles. The van der Waals surface area contributed by atoms with Crippen molar-refractivity contribution in [2.24, 2.45) is 0 Å². The highest BCUT2D eigenvalue weighted by Gasteiger charge is 2.35. The Labute approximate surface area is 124 Å². The Morgan fingerprint density at radius 1 is 1.15 bits per heavy atom. The molecule has 2 rings (SSSR count). The lowest BCUT2D eigenvalue weighted by Gasteiger charge is -2.38. The highest BCUT2D eigenvalue weighted by atomic mass is 15.2. The molecular formula is C18H30N2. The lowest BCUT2D eigenvalue weighted by atomic mass is 9.94. The summed E-state index contributed by atoms with van der Waals surface area (Å²) in [6, 6.07) is 11.4. The molecular weight excluding hydrogens is 244 g/mol. The Morgan fingerprint density at radius 2 is 1.80 bits per heavy atom. The number of hydrogen-bond donors (Lipinski definition) is 1. The SMILES string of the molecule is CCC(Cc1ccccc1)NCC1(N(C)C)CCCC1. The van der Waals surface area contributed by atoms with Gasteiger partial charge < -0.3 is 10.2 Å². The Balaban J connectivity index is 1.90. The number of hydrogen-bond acceptors (Lipinski definition) is 2. The van der Waals surface area contributed by atoms with E-state index in [4.69, 9.17) is 0 Å². The van der Waals surface area contributed by atoms with E-state index >= 15 is 0 Å². The van der Waals surface area contributed by atoms with Crippen molar-refractivity contribution < 1.29 is 0 Å². The van der Waals surface area contributed by atoms with E-state index in [0.29, 0.717) is 11.6 Å². The van der Waals surface area contributed by atoms with Crippen molar-refractivity contribution in [1.82, 2.24) is 10.2 Å². The second-order valence-electron chi connectivity index (χ2n) is 6.50. The largest absolute Gasteiger partial charge is 0.312 e. The zero-order valence-electron chi connectivity index (χ0n) is 13.4. The smallest absolute Gasteiger partial charge is 0.0327 e. The molecule has 0 bridgehead atoms. The first-order chi connectivity index (χ1) is 9.66. The highest BCUT2D eigenvalue weighted by Crippen LogP contribution is 2.33. The fourth-order valence-electron chi connectivity index (χ4n) is 3.41. The monoisotopic (exact) mass is 274 g/mol. The van der Waals surface area contributed by atoms with Gasteiger partial charge in [-0.1, -0.05) is 50.1 Å². The first kappa shape index (κ1) is 15.5. The number of nitrogens with zero attached hydrogens (tertiary/aromatic N) is 1. The molecule has 20 heavy (non-hydrogen) atoms. The lowest BCUT2D eigenvalue weighted by Crippen LogP contribution is -2.51. The second-order valence-corrected chi connectivity index (χ2v) is 6.50. The Hall–Kier alpha value is -0.860. The van der Waals surface area contributed by atoms with E-state index < -0.39 is 0 Å². The zero-order valence-corrected chi connectivity index (χ0v) is 13.4. The maximum Gasteiger partial charge on any atom is 0.0327 e. The summed E-state index contributed by atoms with van der Waals surface area (Å²) < 4.78 is 0. The molecule has 0 radical (unpaired) electrons. The molecule has 0 aromatic heterocycles. The van der Waals surface area contributed by atoms with E-state index in [1.54, 1.807) is 0 Å². The van der Waals surface area contributed by atoms with Gasteiger partial charge in [0.2, 0.25) is 0 Å². The van der Waals surface area contributed by atoms with Crippen molar-refractivity contribution in [2.75, 3.05) is 20.6 Å². The van der Waals surface area contributed by atoms with E-state index in [2.05, 4.69) is 61.6 Å². The third-order valence-corrected chi connectivity index (χ3v) is 5.02. The van der Waals surface area contributed by atoms with E-state index in [0.717, 1.165) is 13.0 Å². The van der Waals surface area contributed by atoms with E-state index in [1.165, 1.54) is 37.7 Å². The van der Waals surface area contributed by atoms with Crippen LogP contribution in [0.5, 0.6) is 0 Å². The van der Waals surface area contributed by atoms with Gasteiger partial charge in [0.15, 0.2) is 0 Å². The predicted octanol–water partition coefficient (Wildman–Crippen LogP) is 3.47. The Kier molecular flexibility index (Phi) is 5.62. The molecule has 0 aliphatic heterocycles. The number of likely N-dealkylation sites (N-methyl/N-ethyl adjacent to an activating group) is 1. The Morgan fingerprint density at radius 3 is 2.35 bits per heavy atom. The standard InChI is InChI=1S/C18H30N2/c1-4-17(14-16-10-6-5-7-11-16)19-15-18(20(2)3)12-8-9-13-18/h5-7,10-11,17,19H,4,8-9,12-15H2,1-3H3. The van der Waals surface area contributed by atoms with Gasteiger partial charge in [0, 0.05) is 18.1 Å². The molecule has 0 saturated heterocycles. The quantitative estimate of drug-likeness (QED) is 0.819. The normalized spacial score (nSPS) is 19.4. The summed E-state index contributed by atoms with van der Waals surface area (Å²) in [5, 5.41) is 3.84. The van der Waals surface area contributed by atoms with Crippen molar-refractivity contribution in [2.45, 2.75) is 57.0 Å². The van der Waals surface area contributed by atoms with Gasteiger partial charge in [-0.25, -0.2) is 0 Å². The molecule has 0 amide bonds. The minimum Gasteiger partial charge on any atom is -0.312 e. The van der Waals surface area contributed by atoms with Crippen LogP contribution in [0.4, 0.5) is 0 Å². The van der Waals surface area contributed by atoms with Crippen LogP contribution in [0.15, 0.2) is 30.3 Å². The minimum atomic E-state index is 0.393. The van der Waals surface area contributed by atoms with E-state index in [-0.39, 0.29) is 0 Å². The fourth-order valence-corrected chi connectivity index (χ4v) is 3.41. The molecule has 1 unspecified atom stereocenters. The van der Waals surface area contributed by atoms with Crippen molar-refractivity contribution in [3.05, 3.63) is 35.9 Å². The number of benzene rings is 1. The molecule has 2 heteroatoms. The second kappa shape index (κ2) is 7.24. The molecule has 1 atom stereocenters. The summed E-state index contributed by atoms with van der Waals surface area (Å²) in [5.74, 6) is 0. The van der Waals surface area contributed by atoms with Gasteiger partial charge >= 0.3 is 0 Å². The average molecular weight is 274 g/mol. The fraction of sp³-hybridized carbons (Fsp3) is 0.667. The van der Waals surface area contributed by atoms with Crippen LogP contribution in [-0.4, -0.2) is 37.1 Å². The van der Waals surface area contributed by atoms with Crippen LogP contribution in [0.2, 0.25) is 0 Å². The van der Waals surface area contributed by atoms with Crippen LogP contribution in [0.25, 0.3) is 0 Å². The summed E-state index contributed by atoms with van der Waals surface area (Å²) in [4.78, 5) is 2.45. The van der Waals surface area contributed by atoms with Crippen LogP contribution in [-0.2, 0) is 6.42 Å². The molecule has 1 fully saturated rings. The third kappa shape index (κ3) is 3.83. The molecule has 1 N–H and O–H groups in total. The van der Waals surface area contributed by atoms with Crippen LogP contribution < -0.4 is 5.32 Å². The van der Waals surface area contributed by atoms with Gasteiger partial charge in [-0.3, -0.25) is 0 Å². The molecule has 1 aliphatic carbocycles. The predicted molar refractivity (Wildman–Crippen MR) is 87.1 cm³/mol. The molecule has 1 aromatic carbocycles. The summed E-state index contributed by atoms with van der Waals surface area (Å²) in [7, 11) is 4.48. The van der Waals surface area contributed by atoms with Crippen LogP contribution >= 0.6 is 0 Å². The zero-order chi connectivity index (χ0) is 14.4. The van der Waals surface area contributed by atoms with Gasteiger partial charge in [-0.15, -0.1) is 0 Å². The van der Waals surface area contributed by atoms with Gasteiger partial charge in [0.25, 0.3) is 0 Å². The van der Waals surface area contributed by atoms with Crippen molar-refractivity contribution in [1.29, 1.82) is 0 Å². The molecule has 2 nitrogen and oxygen atoms in total. The lowest BCUT2D eigenvalue weighted by molar-refractivity contribution is 0.148. The van der Waals surface area contributed by atoms with Crippen molar-refractivity contribution in [3.63, 3.8) is 0 Å². The summed E-state index contributed by atoms with van der Waals surface area (Å²) in [6.07, 6.45) is 7.79. The van der Waals surface area contributed by atoms with Crippen LogP contribution in [0.1, 0.15) is 44.6 Å². The van der Waals surface area contributed by atoms with Gasteiger partial charge in [-0.05, 0) is 45.3 Å². The summed E-state index contributed by atoms with van der Waals surface area (Å²) in [5.41, 5.74) is 1.83. The highest BCUT2D eigenvalue weighted by molar-refractivity contribution is 5.16. The molecule has 0 heterocycles. The van der Waals surface area contributed by atoms with Gasteiger partial charge in [0.05, 0.1) is 0 Å². The maximum absolute atomic E-state index is 3.84. The van der Waals surface area contributed by atoms with Crippen molar-refractivity contribution in [3.8, 4) is 0 Å². The molecule has 1 aliphatic rings. The van der Waals surface area contributed by atoms with Crippen LogP contribution in [0, 0.1) is 0 Å². The Bertz CT molecular complexity index is 380. The summed E-state index contributed by atoms with van der Waals surface area (Å²) >= 11 is 0.